The minimum Gasteiger partial charge on any atom is -0.467 e. The first-order chi connectivity index (χ1) is 20.8. The van der Waals surface area contributed by atoms with E-state index in [0.717, 1.165) is 56.6 Å². The average molecular weight is 600 g/mol. The third kappa shape index (κ3) is 6.00. The van der Waals surface area contributed by atoms with Crippen molar-refractivity contribution in [1.82, 2.24) is 9.80 Å². The van der Waals surface area contributed by atoms with Gasteiger partial charge in [0.2, 0.25) is 6.41 Å². The maximum Gasteiger partial charge on any atom is 0.334 e. The minimum atomic E-state index is -1.25. The minimum absolute atomic E-state index is 0.0119. The lowest BCUT2D eigenvalue weighted by Gasteiger charge is -2.50. The fourth-order valence-electron chi connectivity index (χ4n) is 7.53. The third-order valence-electron chi connectivity index (χ3n) is 9.70. The van der Waals surface area contributed by atoms with Gasteiger partial charge in [-0.2, -0.15) is 0 Å². The SMILES string of the molecule is COC(=O)C1(N(C=O)CCCN2CCC(c3ccccc3)(c3ccccc3)CC2)C(C)N=C(C)CC1c1ccc(Cl)cc1. The summed E-state index contributed by atoms with van der Waals surface area (Å²) in [6.07, 6.45) is 4.16. The van der Waals surface area contributed by atoms with Crippen molar-refractivity contribution in [3.05, 3.63) is 107 Å². The first-order valence-corrected chi connectivity index (χ1v) is 15.7. The number of methoxy groups -OCH3 is 1. The van der Waals surface area contributed by atoms with Gasteiger partial charge in [-0.15, -0.1) is 0 Å². The Balaban J connectivity index is 1.33. The Morgan fingerprint density at radius 3 is 2.12 bits per heavy atom. The van der Waals surface area contributed by atoms with Gasteiger partial charge in [-0.3, -0.25) is 9.79 Å². The van der Waals surface area contributed by atoms with Crippen LogP contribution in [0, 0.1) is 0 Å². The van der Waals surface area contributed by atoms with Crippen LogP contribution in [0.4, 0.5) is 0 Å². The molecule has 2 heterocycles. The third-order valence-corrected chi connectivity index (χ3v) is 9.96. The predicted molar refractivity (Wildman–Crippen MR) is 173 cm³/mol. The molecule has 1 saturated heterocycles. The lowest BCUT2D eigenvalue weighted by molar-refractivity contribution is -0.162. The molecule has 2 aliphatic rings. The van der Waals surface area contributed by atoms with Crippen LogP contribution in [-0.4, -0.2) is 72.8 Å². The van der Waals surface area contributed by atoms with Crippen molar-refractivity contribution in [3.8, 4) is 0 Å². The molecule has 3 unspecified atom stereocenters. The molecule has 5 rings (SSSR count). The summed E-state index contributed by atoms with van der Waals surface area (Å²) in [6, 6.07) is 28.8. The van der Waals surface area contributed by atoms with Crippen LogP contribution in [0.2, 0.25) is 5.02 Å². The van der Waals surface area contributed by atoms with Gasteiger partial charge in [-0.05, 0) is 88.0 Å². The zero-order valence-corrected chi connectivity index (χ0v) is 26.2. The molecule has 1 amide bonds. The van der Waals surface area contributed by atoms with Crippen LogP contribution in [0.25, 0.3) is 0 Å². The molecule has 2 aliphatic heterocycles. The second-order valence-corrected chi connectivity index (χ2v) is 12.4. The van der Waals surface area contributed by atoms with E-state index < -0.39 is 17.6 Å². The number of hydrogen-bond acceptors (Lipinski definition) is 5. The number of ether oxygens (including phenoxy) is 1. The van der Waals surface area contributed by atoms with E-state index in [0.29, 0.717) is 18.0 Å². The van der Waals surface area contributed by atoms with Gasteiger partial charge in [0.1, 0.15) is 0 Å². The Morgan fingerprint density at radius 1 is 1.00 bits per heavy atom. The number of aliphatic imine (C=N–C) groups is 1. The number of halogens is 1. The van der Waals surface area contributed by atoms with Crippen molar-refractivity contribution in [2.45, 2.75) is 62.4 Å². The Bertz CT molecular complexity index is 1360. The fourth-order valence-corrected chi connectivity index (χ4v) is 7.66. The van der Waals surface area contributed by atoms with E-state index in [-0.39, 0.29) is 11.3 Å². The summed E-state index contributed by atoms with van der Waals surface area (Å²) in [5, 5.41) is 0.624. The Morgan fingerprint density at radius 2 is 1.58 bits per heavy atom. The lowest BCUT2D eigenvalue weighted by Crippen LogP contribution is -2.66. The molecule has 1 fully saturated rings. The average Bonchev–Trinajstić information content (AvgIpc) is 3.04. The van der Waals surface area contributed by atoms with Crippen molar-refractivity contribution in [2.75, 3.05) is 33.3 Å². The van der Waals surface area contributed by atoms with E-state index in [9.17, 15) is 9.59 Å². The molecule has 3 atom stereocenters. The van der Waals surface area contributed by atoms with Crippen LogP contribution >= 0.6 is 11.6 Å². The zero-order chi connectivity index (χ0) is 30.5. The van der Waals surface area contributed by atoms with Gasteiger partial charge in [-0.25, -0.2) is 4.79 Å². The number of nitrogens with zero attached hydrogens (tertiary/aromatic N) is 3. The second-order valence-electron chi connectivity index (χ2n) is 12.0. The van der Waals surface area contributed by atoms with Crippen LogP contribution in [0.15, 0.2) is 89.9 Å². The quantitative estimate of drug-likeness (QED) is 0.197. The summed E-state index contributed by atoms with van der Waals surface area (Å²) in [7, 11) is 1.39. The highest BCUT2D eigenvalue weighted by Gasteiger charge is 2.57. The van der Waals surface area contributed by atoms with Gasteiger partial charge in [0.15, 0.2) is 5.54 Å². The van der Waals surface area contributed by atoms with Crippen LogP contribution in [0.1, 0.15) is 62.1 Å². The number of rotatable bonds is 10. The number of piperidine rings is 1. The van der Waals surface area contributed by atoms with Crippen molar-refractivity contribution in [2.24, 2.45) is 4.99 Å². The molecule has 0 saturated carbocycles. The van der Waals surface area contributed by atoms with E-state index >= 15 is 0 Å². The van der Waals surface area contributed by atoms with Gasteiger partial charge < -0.3 is 14.5 Å². The van der Waals surface area contributed by atoms with Crippen molar-refractivity contribution >= 4 is 29.7 Å². The van der Waals surface area contributed by atoms with Crippen LogP contribution < -0.4 is 0 Å². The molecule has 7 heteroatoms. The largest absolute Gasteiger partial charge is 0.467 e. The number of carbonyl (C=O) groups excluding carboxylic acids is 2. The summed E-state index contributed by atoms with van der Waals surface area (Å²) in [4.78, 5) is 35.5. The second kappa shape index (κ2) is 13.4. The molecule has 0 N–H and O–H groups in total. The fraction of sp³-hybridized carbons (Fsp3) is 0.417. The molecule has 6 nitrogen and oxygen atoms in total. The molecule has 3 aromatic rings. The maximum absolute atomic E-state index is 13.7. The van der Waals surface area contributed by atoms with Crippen LogP contribution in [-0.2, 0) is 19.7 Å². The highest BCUT2D eigenvalue weighted by atomic mass is 35.5. The summed E-state index contributed by atoms with van der Waals surface area (Å²) in [5.74, 6) is -0.737. The van der Waals surface area contributed by atoms with Gasteiger partial charge in [0.05, 0.1) is 13.2 Å². The molecular weight excluding hydrogens is 558 g/mol. The van der Waals surface area contributed by atoms with Crippen LogP contribution in [0.5, 0.6) is 0 Å². The van der Waals surface area contributed by atoms with Gasteiger partial charge in [0.25, 0.3) is 0 Å². The first-order valence-electron chi connectivity index (χ1n) is 15.3. The number of carbonyl (C=O) groups is 2. The van der Waals surface area contributed by atoms with E-state index in [1.165, 1.54) is 18.2 Å². The van der Waals surface area contributed by atoms with Crippen LogP contribution in [0.3, 0.4) is 0 Å². The standard InChI is InChI=1S/C36H42ClN3O3/c1-27-25-33(29-15-17-32(37)18-16-29)36(28(2)38-27,34(42)43-3)40(26-41)22-10-21-39-23-19-35(20-24-39,30-11-6-4-7-12-30)31-13-8-5-9-14-31/h4-9,11-18,26,28,33H,10,19-25H2,1-3H3. The molecule has 0 aromatic heterocycles. The molecule has 43 heavy (non-hydrogen) atoms. The highest BCUT2D eigenvalue weighted by Crippen LogP contribution is 2.45. The summed E-state index contributed by atoms with van der Waals surface area (Å²) < 4.78 is 5.42. The molecular formula is C36H42ClN3O3. The lowest BCUT2D eigenvalue weighted by atomic mass is 9.68. The maximum atomic E-state index is 13.7. The normalized spacial score (nSPS) is 23.7. The van der Waals surface area contributed by atoms with E-state index in [4.69, 9.17) is 21.3 Å². The summed E-state index contributed by atoms with van der Waals surface area (Å²) >= 11 is 6.20. The monoisotopic (exact) mass is 599 g/mol. The van der Waals surface area contributed by atoms with Crippen molar-refractivity contribution in [1.29, 1.82) is 0 Å². The Kier molecular flexibility index (Phi) is 9.68. The molecule has 0 spiro atoms. The Labute approximate surface area is 260 Å². The Hall–Kier alpha value is -3.48. The number of benzene rings is 3. The predicted octanol–water partition coefficient (Wildman–Crippen LogP) is 6.52. The van der Waals surface area contributed by atoms with E-state index in [1.807, 2.05) is 38.1 Å². The smallest absolute Gasteiger partial charge is 0.334 e. The van der Waals surface area contributed by atoms with E-state index in [1.54, 1.807) is 4.90 Å². The van der Waals surface area contributed by atoms with E-state index in [2.05, 4.69) is 65.6 Å². The molecule has 0 radical (unpaired) electrons. The zero-order valence-electron chi connectivity index (χ0n) is 25.4. The number of amides is 1. The molecule has 226 valence electrons. The number of esters is 1. The topological polar surface area (TPSA) is 62.2 Å². The molecule has 3 aromatic carbocycles. The van der Waals surface area contributed by atoms with Gasteiger partial charge in [0, 0.05) is 28.6 Å². The number of likely N-dealkylation sites (tertiary alicyclic amines) is 1. The number of hydrogen-bond donors (Lipinski definition) is 0. The first kappa shape index (κ1) is 31.0. The summed E-state index contributed by atoms with van der Waals surface area (Å²) in [6.45, 7) is 7.08. The van der Waals surface area contributed by atoms with Gasteiger partial charge in [-0.1, -0.05) is 84.4 Å². The van der Waals surface area contributed by atoms with Crippen molar-refractivity contribution in [3.63, 3.8) is 0 Å². The van der Waals surface area contributed by atoms with Crippen molar-refractivity contribution < 1.29 is 14.3 Å². The highest BCUT2D eigenvalue weighted by molar-refractivity contribution is 6.30. The molecule has 0 aliphatic carbocycles. The van der Waals surface area contributed by atoms with Gasteiger partial charge >= 0.3 is 5.97 Å². The molecule has 0 bridgehead atoms. The summed E-state index contributed by atoms with van der Waals surface area (Å²) in [5.41, 5.74) is 3.36.